The first kappa shape index (κ1) is 19.5. The highest BCUT2D eigenvalue weighted by Crippen LogP contribution is 2.35. The minimum absolute atomic E-state index is 0.0238. The standard InChI is InChI=1S/C16H23NO7S/c1-22-11-7-5-4-6-10(11)17-25(20,21)13-9-8-12(23-2)14(16(18)19)15(13)24-3/h8-11,17H,4-7H2,1-3H3,(H,18,19)/t10-,11-/m0/s1. The van der Waals surface area contributed by atoms with Gasteiger partial charge in [0.15, 0.2) is 5.75 Å². The fraction of sp³-hybridized carbons (Fsp3) is 0.562. The molecule has 2 atom stereocenters. The molecular weight excluding hydrogens is 350 g/mol. The van der Waals surface area contributed by atoms with Crippen LogP contribution in [-0.2, 0) is 14.8 Å². The number of carboxylic acids is 1. The Morgan fingerprint density at radius 2 is 1.84 bits per heavy atom. The van der Waals surface area contributed by atoms with E-state index in [4.69, 9.17) is 14.2 Å². The molecule has 0 aliphatic heterocycles. The zero-order valence-electron chi connectivity index (χ0n) is 14.4. The lowest BCUT2D eigenvalue weighted by Crippen LogP contribution is -2.45. The first-order valence-electron chi connectivity index (χ1n) is 7.89. The molecule has 1 aromatic carbocycles. The van der Waals surface area contributed by atoms with Gasteiger partial charge in [0.2, 0.25) is 10.0 Å². The molecule has 8 nitrogen and oxygen atoms in total. The molecule has 0 spiro atoms. The second kappa shape index (κ2) is 8.03. The largest absolute Gasteiger partial charge is 0.496 e. The number of nitrogens with one attached hydrogen (secondary N) is 1. The second-order valence-electron chi connectivity index (χ2n) is 5.77. The Labute approximate surface area is 147 Å². The first-order chi connectivity index (χ1) is 11.9. The number of sulfonamides is 1. The van der Waals surface area contributed by atoms with Crippen LogP contribution in [0, 0.1) is 0 Å². The van der Waals surface area contributed by atoms with E-state index in [1.807, 2.05) is 0 Å². The minimum Gasteiger partial charge on any atom is -0.496 e. The summed E-state index contributed by atoms with van der Waals surface area (Å²) in [6.07, 6.45) is 3.08. The molecule has 0 radical (unpaired) electrons. The zero-order chi connectivity index (χ0) is 18.6. The van der Waals surface area contributed by atoms with Crippen molar-refractivity contribution in [2.45, 2.75) is 42.7 Å². The Kier molecular flexibility index (Phi) is 6.26. The predicted octanol–water partition coefficient (Wildman–Crippen LogP) is 1.64. The van der Waals surface area contributed by atoms with E-state index in [1.54, 1.807) is 7.11 Å². The summed E-state index contributed by atoms with van der Waals surface area (Å²) in [5, 5.41) is 9.41. The van der Waals surface area contributed by atoms with E-state index in [1.165, 1.54) is 26.4 Å². The van der Waals surface area contributed by atoms with Gasteiger partial charge in [0.1, 0.15) is 16.2 Å². The Morgan fingerprint density at radius 3 is 2.40 bits per heavy atom. The van der Waals surface area contributed by atoms with E-state index in [-0.39, 0.29) is 34.1 Å². The molecule has 140 valence electrons. The quantitative estimate of drug-likeness (QED) is 0.747. The van der Waals surface area contributed by atoms with Crippen molar-refractivity contribution in [2.75, 3.05) is 21.3 Å². The maximum absolute atomic E-state index is 12.8. The average Bonchev–Trinajstić information content (AvgIpc) is 2.60. The van der Waals surface area contributed by atoms with Gasteiger partial charge >= 0.3 is 5.97 Å². The van der Waals surface area contributed by atoms with Gasteiger partial charge in [-0.05, 0) is 25.0 Å². The molecule has 1 fully saturated rings. The number of benzene rings is 1. The van der Waals surface area contributed by atoms with E-state index in [0.717, 1.165) is 19.3 Å². The molecule has 1 aromatic rings. The Morgan fingerprint density at radius 1 is 1.16 bits per heavy atom. The maximum atomic E-state index is 12.8. The fourth-order valence-corrected chi connectivity index (χ4v) is 4.58. The molecule has 0 bridgehead atoms. The van der Waals surface area contributed by atoms with Crippen LogP contribution in [0.4, 0.5) is 0 Å². The summed E-state index contributed by atoms with van der Waals surface area (Å²) in [6.45, 7) is 0. The number of aromatic carboxylic acids is 1. The van der Waals surface area contributed by atoms with Gasteiger partial charge in [0.05, 0.1) is 20.3 Å². The first-order valence-corrected chi connectivity index (χ1v) is 9.37. The van der Waals surface area contributed by atoms with E-state index in [0.29, 0.717) is 6.42 Å². The van der Waals surface area contributed by atoms with Crippen LogP contribution >= 0.6 is 0 Å². The SMILES string of the molecule is COc1ccc(S(=O)(=O)N[C@H]2CCCC[C@@H]2OC)c(OC)c1C(=O)O. The van der Waals surface area contributed by atoms with Crippen LogP contribution in [0.3, 0.4) is 0 Å². The summed E-state index contributed by atoms with van der Waals surface area (Å²) in [7, 11) is 0.0743. The highest BCUT2D eigenvalue weighted by molar-refractivity contribution is 7.89. The van der Waals surface area contributed by atoms with Crippen LogP contribution in [0.15, 0.2) is 17.0 Å². The lowest BCUT2D eigenvalue weighted by Gasteiger charge is -2.31. The molecule has 0 unspecified atom stereocenters. The van der Waals surface area contributed by atoms with Crippen molar-refractivity contribution in [1.82, 2.24) is 4.72 Å². The number of carboxylic acid groups (broad SMARTS) is 1. The number of carbonyl (C=O) groups is 1. The van der Waals surface area contributed by atoms with E-state index < -0.39 is 16.0 Å². The summed E-state index contributed by atoms with van der Waals surface area (Å²) in [6, 6.07) is 2.20. The van der Waals surface area contributed by atoms with Gasteiger partial charge in [0, 0.05) is 13.2 Å². The van der Waals surface area contributed by atoms with Crippen LogP contribution < -0.4 is 14.2 Å². The minimum atomic E-state index is -4.00. The number of hydrogen-bond acceptors (Lipinski definition) is 6. The Bertz CT molecular complexity index is 732. The van der Waals surface area contributed by atoms with Gasteiger partial charge in [-0.2, -0.15) is 0 Å². The molecule has 2 rings (SSSR count). The van der Waals surface area contributed by atoms with Gasteiger partial charge in [-0.3, -0.25) is 0 Å². The van der Waals surface area contributed by atoms with Crippen molar-refractivity contribution in [2.24, 2.45) is 0 Å². The third-order valence-corrected chi connectivity index (χ3v) is 5.84. The van der Waals surface area contributed by atoms with Crippen molar-refractivity contribution in [3.05, 3.63) is 17.7 Å². The highest BCUT2D eigenvalue weighted by atomic mass is 32.2. The molecule has 1 aliphatic carbocycles. The summed E-state index contributed by atoms with van der Waals surface area (Å²) in [5.41, 5.74) is -0.334. The van der Waals surface area contributed by atoms with Gasteiger partial charge in [0.25, 0.3) is 0 Å². The summed E-state index contributed by atoms with van der Waals surface area (Å²) < 4.78 is 43.8. The molecule has 1 aliphatic rings. The van der Waals surface area contributed by atoms with E-state index in [2.05, 4.69) is 4.72 Å². The normalized spacial score (nSPS) is 20.9. The average molecular weight is 373 g/mol. The van der Waals surface area contributed by atoms with Crippen LogP contribution in [-0.4, -0.2) is 53.0 Å². The fourth-order valence-electron chi connectivity index (χ4n) is 3.11. The van der Waals surface area contributed by atoms with Crippen molar-refractivity contribution in [3.8, 4) is 11.5 Å². The smallest absolute Gasteiger partial charge is 0.343 e. The number of ether oxygens (including phenoxy) is 3. The zero-order valence-corrected chi connectivity index (χ0v) is 15.3. The number of rotatable bonds is 7. The lowest BCUT2D eigenvalue weighted by molar-refractivity contribution is 0.0493. The Hall–Kier alpha value is -1.84. The molecule has 0 aromatic heterocycles. The van der Waals surface area contributed by atoms with Crippen molar-refractivity contribution in [3.63, 3.8) is 0 Å². The monoisotopic (exact) mass is 373 g/mol. The van der Waals surface area contributed by atoms with Crippen molar-refractivity contribution in [1.29, 1.82) is 0 Å². The molecule has 0 saturated heterocycles. The molecule has 9 heteroatoms. The van der Waals surface area contributed by atoms with E-state index in [9.17, 15) is 18.3 Å². The predicted molar refractivity (Wildman–Crippen MR) is 89.9 cm³/mol. The van der Waals surface area contributed by atoms with Gasteiger partial charge in [-0.15, -0.1) is 0 Å². The third-order valence-electron chi connectivity index (χ3n) is 4.32. The molecule has 0 amide bonds. The number of hydrogen-bond donors (Lipinski definition) is 2. The molecule has 0 heterocycles. The number of methoxy groups -OCH3 is 3. The van der Waals surface area contributed by atoms with Gasteiger partial charge in [-0.25, -0.2) is 17.9 Å². The van der Waals surface area contributed by atoms with Crippen LogP contribution in [0.25, 0.3) is 0 Å². The van der Waals surface area contributed by atoms with E-state index >= 15 is 0 Å². The van der Waals surface area contributed by atoms with Crippen LogP contribution in [0.2, 0.25) is 0 Å². The summed E-state index contributed by atoms with van der Waals surface area (Å²) >= 11 is 0. The van der Waals surface area contributed by atoms with Gasteiger partial charge < -0.3 is 19.3 Å². The Balaban J connectivity index is 2.45. The maximum Gasteiger partial charge on any atom is 0.343 e. The lowest BCUT2D eigenvalue weighted by atomic mass is 9.93. The molecule has 1 saturated carbocycles. The highest BCUT2D eigenvalue weighted by Gasteiger charge is 2.33. The topological polar surface area (TPSA) is 111 Å². The molecule has 25 heavy (non-hydrogen) atoms. The molecular formula is C16H23NO7S. The van der Waals surface area contributed by atoms with Gasteiger partial charge in [-0.1, -0.05) is 12.8 Å². The van der Waals surface area contributed by atoms with Crippen LogP contribution in [0.5, 0.6) is 11.5 Å². The van der Waals surface area contributed by atoms with Crippen molar-refractivity contribution >= 4 is 16.0 Å². The van der Waals surface area contributed by atoms with Crippen molar-refractivity contribution < 1.29 is 32.5 Å². The third kappa shape index (κ3) is 4.05. The summed E-state index contributed by atoms with van der Waals surface area (Å²) in [5.74, 6) is -1.57. The summed E-state index contributed by atoms with van der Waals surface area (Å²) in [4.78, 5) is 11.3. The molecule has 2 N–H and O–H groups in total. The van der Waals surface area contributed by atoms with Crippen LogP contribution in [0.1, 0.15) is 36.0 Å². The second-order valence-corrected chi connectivity index (χ2v) is 7.45.